The predicted molar refractivity (Wildman–Crippen MR) is 65.8 cm³/mol. The van der Waals surface area contributed by atoms with Crippen molar-refractivity contribution in [1.29, 1.82) is 0 Å². The van der Waals surface area contributed by atoms with Gasteiger partial charge in [0.05, 0.1) is 0 Å². The summed E-state index contributed by atoms with van der Waals surface area (Å²) in [5, 5.41) is 19.3. The fourth-order valence-corrected chi connectivity index (χ4v) is 1.52. The summed E-state index contributed by atoms with van der Waals surface area (Å²) in [5.74, 6) is 0.780. The van der Waals surface area contributed by atoms with Gasteiger partial charge in [0.1, 0.15) is 0 Å². The molecule has 0 atom stereocenters. The minimum Gasteiger partial charge on any atom is -0.504 e. The topological polar surface area (TPSA) is 49.7 Å². The summed E-state index contributed by atoms with van der Waals surface area (Å²) >= 11 is 0. The Morgan fingerprint density at radius 2 is 1.47 bits per heavy atom. The number of aryl methyl sites for hydroxylation is 2. The number of phenolic OH excluding ortho intramolecular Hbond substituents is 2. The molecule has 0 aliphatic rings. The highest BCUT2D eigenvalue weighted by Gasteiger charge is 2.08. The Hall–Kier alpha value is -2.16. The monoisotopic (exact) mass is 230 g/mol. The minimum absolute atomic E-state index is 0.0464. The van der Waals surface area contributed by atoms with Gasteiger partial charge in [0.2, 0.25) is 0 Å². The van der Waals surface area contributed by atoms with Gasteiger partial charge in [-0.15, -0.1) is 0 Å². The zero-order chi connectivity index (χ0) is 12.4. The maximum absolute atomic E-state index is 9.76. The number of hydrogen-bond donors (Lipinski definition) is 2. The molecule has 88 valence electrons. The third kappa shape index (κ3) is 2.33. The molecule has 0 radical (unpaired) electrons. The number of para-hydroxylation sites is 2. The van der Waals surface area contributed by atoms with E-state index in [9.17, 15) is 10.2 Å². The normalized spacial score (nSPS) is 10.2. The van der Waals surface area contributed by atoms with Gasteiger partial charge in [-0.3, -0.25) is 0 Å². The smallest absolute Gasteiger partial charge is 0.169 e. The van der Waals surface area contributed by atoms with Gasteiger partial charge in [0.15, 0.2) is 23.0 Å². The van der Waals surface area contributed by atoms with Crippen LogP contribution in [0.5, 0.6) is 23.0 Å². The van der Waals surface area contributed by atoms with E-state index in [0.717, 1.165) is 11.1 Å². The quantitative estimate of drug-likeness (QED) is 0.830. The first-order valence-corrected chi connectivity index (χ1v) is 5.34. The lowest BCUT2D eigenvalue weighted by atomic mass is 10.1. The molecule has 3 heteroatoms. The van der Waals surface area contributed by atoms with Crippen LogP contribution in [-0.4, -0.2) is 10.2 Å². The van der Waals surface area contributed by atoms with Crippen LogP contribution in [0.4, 0.5) is 0 Å². The molecular weight excluding hydrogens is 216 g/mol. The second-order valence-corrected chi connectivity index (χ2v) is 3.97. The molecule has 2 aromatic carbocycles. The summed E-state index contributed by atoms with van der Waals surface area (Å²) in [4.78, 5) is 0. The first kappa shape index (κ1) is 11.3. The number of benzene rings is 2. The maximum Gasteiger partial charge on any atom is 0.169 e. The molecule has 3 nitrogen and oxygen atoms in total. The van der Waals surface area contributed by atoms with Crippen molar-refractivity contribution < 1.29 is 14.9 Å². The van der Waals surface area contributed by atoms with Gasteiger partial charge in [-0.2, -0.15) is 0 Å². The highest BCUT2D eigenvalue weighted by Crippen LogP contribution is 2.36. The Kier molecular flexibility index (Phi) is 2.91. The molecule has 2 N–H and O–H groups in total. The predicted octanol–water partition coefficient (Wildman–Crippen LogP) is 3.51. The Morgan fingerprint density at radius 3 is 2.18 bits per heavy atom. The number of ether oxygens (including phenoxy) is 1. The van der Waals surface area contributed by atoms with Crippen LogP contribution in [0.15, 0.2) is 36.4 Å². The average Bonchev–Trinajstić information content (AvgIpc) is 2.29. The lowest BCUT2D eigenvalue weighted by Gasteiger charge is -2.11. The largest absolute Gasteiger partial charge is 0.504 e. The van der Waals surface area contributed by atoms with Crippen molar-refractivity contribution in [2.24, 2.45) is 0 Å². The van der Waals surface area contributed by atoms with Gasteiger partial charge in [0.25, 0.3) is 0 Å². The summed E-state index contributed by atoms with van der Waals surface area (Å²) in [7, 11) is 0. The van der Waals surface area contributed by atoms with Crippen LogP contribution in [-0.2, 0) is 0 Å². The standard InChI is InChI=1S/C14H14O3/c1-9-7-12(16)14(8-10(9)2)17-13-6-4-3-5-11(13)15/h3-8,15-16H,1-2H3. The molecule has 0 aliphatic carbocycles. The molecule has 0 aromatic heterocycles. The summed E-state index contributed by atoms with van der Waals surface area (Å²) in [5.41, 5.74) is 2.01. The molecular formula is C14H14O3. The number of aromatic hydroxyl groups is 2. The van der Waals surface area contributed by atoms with E-state index in [0.29, 0.717) is 11.5 Å². The molecule has 0 aliphatic heterocycles. The molecule has 2 rings (SSSR count). The molecule has 0 unspecified atom stereocenters. The molecule has 0 saturated carbocycles. The first-order chi connectivity index (χ1) is 8.08. The maximum atomic E-state index is 9.76. The van der Waals surface area contributed by atoms with E-state index in [1.54, 1.807) is 30.3 Å². The molecule has 17 heavy (non-hydrogen) atoms. The molecule has 0 heterocycles. The summed E-state index contributed by atoms with van der Waals surface area (Å²) < 4.78 is 5.48. The second kappa shape index (κ2) is 4.37. The first-order valence-electron chi connectivity index (χ1n) is 5.34. The van der Waals surface area contributed by atoms with Crippen LogP contribution in [0, 0.1) is 13.8 Å². The van der Waals surface area contributed by atoms with E-state index in [1.807, 2.05) is 13.8 Å². The Morgan fingerprint density at radius 1 is 0.824 bits per heavy atom. The molecule has 0 fully saturated rings. The lowest BCUT2D eigenvalue weighted by molar-refractivity contribution is 0.385. The zero-order valence-corrected chi connectivity index (χ0v) is 9.77. The van der Waals surface area contributed by atoms with Crippen LogP contribution in [0.2, 0.25) is 0 Å². The van der Waals surface area contributed by atoms with E-state index in [1.165, 1.54) is 6.07 Å². The van der Waals surface area contributed by atoms with Crippen molar-refractivity contribution in [3.8, 4) is 23.0 Å². The second-order valence-electron chi connectivity index (χ2n) is 3.97. The van der Waals surface area contributed by atoms with Crippen molar-refractivity contribution in [1.82, 2.24) is 0 Å². The summed E-state index contributed by atoms with van der Waals surface area (Å²) in [6.07, 6.45) is 0. The third-order valence-corrected chi connectivity index (χ3v) is 2.66. The Bertz CT molecular complexity index is 547. The van der Waals surface area contributed by atoms with Gasteiger partial charge >= 0.3 is 0 Å². The fraction of sp³-hybridized carbons (Fsp3) is 0.143. The van der Waals surface area contributed by atoms with E-state index >= 15 is 0 Å². The lowest BCUT2D eigenvalue weighted by Crippen LogP contribution is -1.88. The van der Waals surface area contributed by atoms with E-state index < -0.39 is 0 Å². The SMILES string of the molecule is Cc1cc(O)c(Oc2ccccc2O)cc1C. The number of rotatable bonds is 2. The van der Waals surface area contributed by atoms with Gasteiger partial charge in [-0.05, 0) is 49.2 Å². The van der Waals surface area contributed by atoms with Crippen LogP contribution >= 0.6 is 0 Å². The van der Waals surface area contributed by atoms with Crippen molar-refractivity contribution in [3.05, 3.63) is 47.5 Å². The van der Waals surface area contributed by atoms with Crippen molar-refractivity contribution in [3.63, 3.8) is 0 Å². The van der Waals surface area contributed by atoms with Gasteiger partial charge in [-0.1, -0.05) is 12.1 Å². The highest BCUT2D eigenvalue weighted by molar-refractivity contribution is 5.49. The van der Waals surface area contributed by atoms with E-state index in [4.69, 9.17) is 4.74 Å². The highest BCUT2D eigenvalue weighted by atomic mass is 16.5. The molecule has 0 amide bonds. The Labute approximate surface area is 99.9 Å². The van der Waals surface area contributed by atoms with Gasteiger partial charge in [-0.25, -0.2) is 0 Å². The van der Waals surface area contributed by atoms with Gasteiger partial charge < -0.3 is 14.9 Å². The van der Waals surface area contributed by atoms with Gasteiger partial charge in [0, 0.05) is 0 Å². The van der Waals surface area contributed by atoms with E-state index in [-0.39, 0.29) is 11.5 Å². The molecule has 2 aromatic rings. The van der Waals surface area contributed by atoms with Crippen LogP contribution < -0.4 is 4.74 Å². The number of hydrogen-bond acceptors (Lipinski definition) is 3. The van der Waals surface area contributed by atoms with Crippen molar-refractivity contribution in [2.45, 2.75) is 13.8 Å². The summed E-state index contributed by atoms with van der Waals surface area (Å²) in [6.45, 7) is 3.85. The van der Waals surface area contributed by atoms with Crippen LogP contribution in [0.1, 0.15) is 11.1 Å². The van der Waals surface area contributed by atoms with Crippen molar-refractivity contribution >= 4 is 0 Å². The summed E-state index contributed by atoms with van der Waals surface area (Å²) in [6, 6.07) is 10.0. The fourth-order valence-electron chi connectivity index (χ4n) is 1.52. The third-order valence-electron chi connectivity index (χ3n) is 2.66. The van der Waals surface area contributed by atoms with Crippen LogP contribution in [0.25, 0.3) is 0 Å². The molecule has 0 saturated heterocycles. The van der Waals surface area contributed by atoms with Crippen LogP contribution in [0.3, 0.4) is 0 Å². The average molecular weight is 230 g/mol. The minimum atomic E-state index is 0.0464. The van der Waals surface area contributed by atoms with Crippen molar-refractivity contribution in [2.75, 3.05) is 0 Å². The number of phenols is 2. The molecule has 0 spiro atoms. The zero-order valence-electron chi connectivity index (χ0n) is 9.77. The Balaban J connectivity index is 2.37. The molecule has 0 bridgehead atoms. The van der Waals surface area contributed by atoms with E-state index in [2.05, 4.69) is 0 Å².